The Morgan fingerprint density at radius 1 is 1.27 bits per heavy atom. The van der Waals surface area contributed by atoms with E-state index in [-0.39, 0.29) is 13.2 Å². The summed E-state index contributed by atoms with van der Waals surface area (Å²) in [4.78, 5) is 19.5. The molecule has 8 heteroatoms. The van der Waals surface area contributed by atoms with Crippen molar-refractivity contribution in [1.82, 2.24) is 19.7 Å². The number of hydrogen-bond acceptors (Lipinski definition) is 6. The molecule has 0 spiro atoms. The van der Waals surface area contributed by atoms with Crippen LogP contribution in [0.1, 0.15) is 11.1 Å². The fourth-order valence-corrected chi connectivity index (χ4v) is 2.51. The molecule has 0 aliphatic heterocycles. The van der Waals surface area contributed by atoms with Gasteiger partial charge < -0.3 is 14.6 Å². The summed E-state index contributed by atoms with van der Waals surface area (Å²) >= 11 is 0. The zero-order valence-corrected chi connectivity index (χ0v) is 14.4. The first-order valence-corrected chi connectivity index (χ1v) is 7.90. The zero-order valence-electron chi connectivity index (χ0n) is 14.4. The Morgan fingerprint density at radius 3 is 2.85 bits per heavy atom. The molecule has 8 nitrogen and oxygen atoms in total. The fraction of sp³-hybridized carbons (Fsp3) is 0.222. The van der Waals surface area contributed by atoms with Crippen molar-refractivity contribution in [3.63, 3.8) is 0 Å². The first-order chi connectivity index (χ1) is 12.6. The number of carboxylic acids is 1. The Hall–Kier alpha value is -3.42. The third-order valence-corrected chi connectivity index (χ3v) is 3.77. The summed E-state index contributed by atoms with van der Waals surface area (Å²) in [6.07, 6.45) is 4.81. The standard InChI is InChI=1S/C18H18N4O4/c1-12-8-16(25-2)20-9-15(12)26-11-13-4-3-6-19-18(13)14-5-7-21-22(14)10-17(23)24/h3-9H,10-11H2,1-2H3,(H,23,24). The highest BCUT2D eigenvalue weighted by Crippen LogP contribution is 2.25. The molecule has 0 aromatic carbocycles. The molecule has 0 radical (unpaired) electrons. The van der Waals surface area contributed by atoms with Gasteiger partial charge in [0.15, 0.2) is 0 Å². The Bertz CT molecular complexity index is 923. The van der Waals surface area contributed by atoms with Gasteiger partial charge in [0, 0.05) is 24.0 Å². The van der Waals surface area contributed by atoms with Crippen molar-refractivity contribution in [2.75, 3.05) is 7.11 Å². The van der Waals surface area contributed by atoms with Crippen LogP contribution in [0, 0.1) is 6.92 Å². The van der Waals surface area contributed by atoms with Crippen LogP contribution in [0.15, 0.2) is 42.9 Å². The van der Waals surface area contributed by atoms with Crippen LogP contribution in [0.4, 0.5) is 0 Å². The van der Waals surface area contributed by atoms with Gasteiger partial charge in [-0.1, -0.05) is 6.07 Å². The first-order valence-electron chi connectivity index (χ1n) is 7.90. The molecule has 3 heterocycles. The van der Waals surface area contributed by atoms with Gasteiger partial charge in [0.25, 0.3) is 0 Å². The lowest BCUT2D eigenvalue weighted by atomic mass is 10.1. The summed E-state index contributed by atoms with van der Waals surface area (Å²) in [5.41, 5.74) is 2.97. The number of rotatable bonds is 7. The van der Waals surface area contributed by atoms with Crippen LogP contribution in [-0.2, 0) is 17.9 Å². The maximum atomic E-state index is 11.0. The SMILES string of the molecule is COc1cc(C)c(OCc2cccnc2-c2ccnn2CC(=O)O)cn1. The summed E-state index contributed by atoms with van der Waals surface area (Å²) in [5, 5.41) is 13.1. The second-order valence-corrected chi connectivity index (χ2v) is 5.56. The molecule has 3 aromatic heterocycles. The topological polar surface area (TPSA) is 99.4 Å². The summed E-state index contributed by atoms with van der Waals surface area (Å²) in [5.74, 6) is 0.192. The third kappa shape index (κ3) is 3.80. The smallest absolute Gasteiger partial charge is 0.325 e. The van der Waals surface area contributed by atoms with Crippen molar-refractivity contribution in [2.45, 2.75) is 20.1 Å². The van der Waals surface area contributed by atoms with Crippen LogP contribution < -0.4 is 9.47 Å². The Balaban J connectivity index is 1.84. The maximum Gasteiger partial charge on any atom is 0.325 e. The summed E-state index contributed by atoms with van der Waals surface area (Å²) < 4.78 is 12.4. The minimum atomic E-state index is -0.969. The molecule has 0 aliphatic rings. The van der Waals surface area contributed by atoms with Crippen molar-refractivity contribution < 1.29 is 19.4 Å². The number of carbonyl (C=O) groups is 1. The molecule has 0 bridgehead atoms. The zero-order chi connectivity index (χ0) is 18.5. The van der Waals surface area contributed by atoms with E-state index >= 15 is 0 Å². The average Bonchev–Trinajstić information content (AvgIpc) is 3.08. The number of pyridine rings is 2. The number of hydrogen-bond donors (Lipinski definition) is 1. The van der Waals surface area contributed by atoms with E-state index in [0.29, 0.717) is 23.0 Å². The van der Waals surface area contributed by atoms with Crippen LogP contribution >= 0.6 is 0 Å². The van der Waals surface area contributed by atoms with Gasteiger partial charge in [-0.2, -0.15) is 5.10 Å². The van der Waals surface area contributed by atoms with E-state index in [1.807, 2.05) is 13.0 Å². The van der Waals surface area contributed by atoms with Crippen molar-refractivity contribution in [3.8, 4) is 23.0 Å². The molecular weight excluding hydrogens is 336 g/mol. The van der Waals surface area contributed by atoms with Crippen molar-refractivity contribution in [2.24, 2.45) is 0 Å². The van der Waals surface area contributed by atoms with Gasteiger partial charge in [-0.25, -0.2) is 4.98 Å². The van der Waals surface area contributed by atoms with E-state index in [1.165, 1.54) is 4.68 Å². The highest BCUT2D eigenvalue weighted by Gasteiger charge is 2.14. The van der Waals surface area contributed by atoms with Crippen molar-refractivity contribution >= 4 is 5.97 Å². The number of aromatic nitrogens is 4. The Morgan fingerprint density at radius 2 is 2.12 bits per heavy atom. The summed E-state index contributed by atoms with van der Waals surface area (Å²) in [6.45, 7) is 1.93. The predicted octanol–water partition coefficient (Wildman–Crippen LogP) is 2.32. The Labute approximate surface area is 150 Å². The van der Waals surface area contributed by atoms with Crippen LogP contribution in [0.25, 0.3) is 11.4 Å². The second-order valence-electron chi connectivity index (χ2n) is 5.56. The molecule has 134 valence electrons. The quantitative estimate of drug-likeness (QED) is 0.695. The minimum Gasteiger partial charge on any atom is -0.487 e. The van der Waals surface area contributed by atoms with Gasteiger partial charge in [-0.15, -0.1) is 0 Å². The normalized spacial score (nSPS) is 10.5. The lowest BCUT2D eigenvalue weighted by Crippen LogP contribution is -2.12. The molecule has 3 aromatic rings. The fourth-order valence-electron chi connectivity index (χ4n) is 2.51. The van der Waals surface area contributed by atoms with E-state index in [4.69, 9.17) is 14.6 Å². The minimum absolute atomic E-state index is 0.235. The summed E-state index contributed by atoms with van der Waals surface area (Å²) in [6, 6.07) is 7.21. The van der Waals surface area contributed by atoms with Gasteiger partial charge >= 0.3 is 5.97 Å². The molecule has 0 aliphatic carbocycles. The monoisotopic (exact) mass is 354 g/mol. The van der Waals surface area contributed by atoms with Crippen molar-refractivity contribution in [1.29, 1.82) is 0 Å². The number of aryl methyl sites for hydroxylation is 1. The molecule has 0 unspecified atom stereocenters. The second kappa shape index (κ2) is 7.64. The lowest BCUT2D eigenvalue weighted by molar-refractivity contribution is -0.137. The molecule has 0 saturated carbocycles. The molecule has 3 rings (SSSR count). The summed E-state index contributed by atoms with van der Waals surface area (Å²) in [7, 11) is 1.56. The highest BCUT2D eigenvalue weighted by molar-refractivity contribution is 5.68. The average molecular weight is 354 g/mol. The molecule has 0 fully saturated rings. The number of nitrogens with zero attached hydrogens (tertiary/aromatic N) is 4. The molecule has 1 N–H and O–H groups in total. The van der Waals surface area contributed by atoms with Crippen LogP contribution in [-0.4, -0.2) is 37.9 Å². The van der Waals surface area contributed by atoms with E-state index in [2.05, 4.69) is 15.1 Å². The largest absolute Gasteiger partial charge is 0.487 e. The van der Waals surface area contributed by atoms with Crippen LogP contribution in [0.2, 0.25) is 0 Å². The van der Waals surface area contributed by atoms with E-state index in [1.54, 1.807) is 43.9 Å². The maximum absolute atomic E-state index is 11.0. The van der Waals surface area contributed by atoms with Gasteiger partial charge in [0.2, 0.25) is 5.88 Å². The number of ether oxygens (including phenoxy) is 2. The van der Waals surface area contributed by atoms with E-state index in [9.17, 15) is 4.79 Å². The predicted molar refractivity (Wildman–Crippen MR) is 93.0 cm³/mol. The van der Waals surface area contributed by atoms with E-state index in [0.717, 1.165) is 11.1 Å². The van der Waals surface area contributed by atoms with Crippen molar-refractivity contribution in [3.05, 3.63) is 54.0 Å². The van der Waals surface area contributed by atoms with Gasteiger partial charge in [-0.05, 0) is 24.6 Å². The van der Waals surface area contributed by atoms with Crippen LogP contribution in [0.5, 0.6) is 11.6 Å². The number of aliphatic carboxylic acids is 1. The Kier molecular flexibility index (Phi) is 5.12. The molecular formula is C18H18N4O4. The first kappa shape index (κ1) is 17.4. The molecule has 0 atom stereocenters. The molecule has 26 heavy (non-hydrogen) atoms. The van der Waals surface area contributed by atoms with Gasteiger partial charge in [0.1, 0.15) is 18.9 Å². The lowest BCUT2D eigenvalue weighted by Gasteiger charge is -2.13. The number of carboxylic acid groups (broad SMARTS) is 1. The highest BCUT2D eigenvalue weighted by atomic mass is 16.5. The van der Waals surface area contributed by atoms with E-state index < -0.39 is 5.97 Å². The van der Waals surface area contributed by atoms with Gasteiger partial charge in [0.05, 0.1) is 24.7 Å². The van der Waals surface area contributed by atoms with Crippen LogP contribution in [0.3, 0.4) is 0 Å². The molecule has 0 saturated heterocycles. The third-order valence-electron chi connectivity index (χ3n) is 3.77. The number of methoxy groups -OCH3 is 1. The van der Waals surface area contributed by atoms with Gasteiger partial charge in [-0.3, -0.25) is 14.5 Å². The molecule has 0 amide bonds.